The van der Waals surface area contributed by atoms with Crippen LogP contribution in [0.3, 0.4) is 0 Å². The second-order valence-corrected chi connectivity index (χ2v) is 5.36. The van der Waals surface area contributed by atoms with Crippen LogP contribution < -0.4 is 0 Å². The van der Waals surface area contributed by atoms with Crippen LogP contribution in [0.2, 0.25) is 0 Å². The van der Waals surface area contributed by atoms with Gasteiger partial charge in [-0.05, 0) is 12.0 Å². The molecule has 0 heterocycles. The molecule has 2 atom stereocenters. The molecule has 1 aliphatic rings. The maximum Gasteiger partial charge on any atom is 0.136 e. The predicted molar refractivity (Wildman–Crippen MR) is 64.9 cm³/mol. The highest BCUT2D eigenvalue weighted by Gasteiger charge is 2.30. The fraction of sp³-hybridized carbons (Fsp3) is 0.462. The van der Waals surface area contributed by atoms with Crippen molar-refractivity contribution in [3.05, 3.63) is 35.9 Å². The molecule has 80 valence electrons. The maximum absolute atomic E-state index is 11.4. The Morgan fingerprint density at radius 1 is 1.33 bits per heavy atom. The van der Waals surface area contributed by atoms with Crippen LogP contribution in [0.25, 0.3) is 0 Å². The number of benzene rings is 1. The first kappa shape index (κ1) is 10.7. The lowest BCUT2D eigenvalue weighted by Crippen LogP contribution is -2.12. The van der Waals surface area contributed by atoms with Crippen LogP contribution in [-0.4, -0.2) is 11.0 Å². The number of thioether (sulfide) groups is 1. The highest BCUT2D eigenvalue weighted by Crippen LogP contribution is 2.33. The summed E-state index contributed by atoms with van der Waals surface area (Å²) in [6, 6.07) is 10.5. The second kappa shape index (κ2) is 4.84. The number of ketones is 1. The number of rotatable bonds is 3. The van der Waals surface area contributed by atoms with E-state index in [1.54, 1.807) is 0 Å². The van der Waals surface area contributed by atoms with Gasteiger partial charge in [0.1, 0.15) is 5.78 Å². The molecule has 1 aromatic carbocycles. The van der Waals surface area contributed by atoms with Crippen molar-refractivity contribution in [2.75, 3.05) is 0 Å². The van der Waals surface area contributed by atoms with E-state index >= 15 is 0 Å². The number of carbonyl (C=O) groups is 1. The lowest BCUT2D eigenvalue weighted by Gasteiger charge is -2.13. The fourth-order valence-corrected chi connectivity index (χ4v) is 3.30. The Kier molecular flexibility index (Phi) is 3.47. The Balaban J connectivity index is 1.87. The third-order valence-corrected chi connectivity index (χ3v) is 4.62. The van der Waals surface area contributed by atoms with Gasteiger partial charge in [0, 0.05) is 23.3 Å². The molecule has 0 aromatic heterocycles. The van der Waals surface area contributed by atoms with Gasteiger partial charge >= 0.3 is 0 Å². The van der Waals surface area contributed by atoms with Crippen molar-refractivity contribution in [2.45, 2.75) is 30.8 Å². The zero-order chi connectivity index (χ0) is 10.7. The van der Waals surface area contributed by atoms with E-state index in [1.165, 1.54) is 5.56 Å². The van der Waals surface area contributed by atoms with Crippen molar-refractivity contribution in [3.8, 4) is 0 Å². The van der Waals surface area contributed by atoms with E-state index in [0.717, 1.165) is 18.6 Å². The van der Waals surface area contributed by atoms with Crippen molar-refractivity contribution in [2.24, 2.45) is 5.92 Å². The summed E-state index contributed by atoms with van der Waals surface area (Å²) in [5, 5.41) is 0.540. The summed E-state index contributed by atoms with van der Waals surface area (Å²) < 4.78 is 0. The molecule has 0 amide bonds. The smallest absolute Gasteiger partial charge is 0.136 e. The molecule has 0 radical (unpaired) electrons. The molecule has 0 bridgehead atoms. The Labute approximate surface area is 95.3 Å². The van der Waals surface area contributed by atoms with E-state index in [-0.39, 0.29) is 5.92 Å². The second-order valence-electron chi connectivity index (χ2n) is 4.13. The third kappa shape index (κ3) is 2.63. The van der Waals surface area contributed by atoms with Gasteiger partial charge in [-0.2, -0.15) is 11.8 Å². The molecular weight excluding hydrogens is 204 g/mol. The largest absolute Gasteiger partial charge is 0.299 e. The van der Waals surface area contributed by atoms with Gasteiger partial charge < -0.3 is 0 Å². The average Bonchev–Trinajstić information content (AvgIpc) is 2.59. The van der Waals surface area contributed by atoms with Gasteiger partial charge in [0.15, 0.2) is 0 Å². The van der Waals surface area contributed by atoms with Crippen molar-refractivity contribution in [1.29, 1.82) is 0 Å². The van der Waals surface area contributed by atoms with Gasteiger partial charge in [-0.15, -0.1) is 0 Å². The first-order chi connectivity index (χ1) is 7.27. The average molecular weight is 220 g/mol. The van der Waals surface area contributed by atoms with Gasteiger partial charge in [0.25, 0.3) is 0 Å². The molecule has 0 spiro atoms. The van der Waals surface area contributed by atoms with E-state index in [1.807, 2.05) is 17.8 Å². The van der Waals surface area contributed by atoms with Crippen molar-refractivity contribution < 1.29 is 4.79 Å². The Bertz CT molecular complexity index is 334. The summed E-state index contributed by atoms with van der Waals surface area (Å²) in [5.74, 6) is 1.74. The highest BCUT2D eigenvalue weighted by molar-refractivity contribution is 7.99. The molecule has 2 rings (SSSR count). The summed E-state index contributed by atoms with van der Waals surface area (Å²) in [6.45, 7) is 2.07. The van der Waals surface area contributed by atoms with E-state index < -0.39 is 0 Å². The van der Waals surface area contributed by atoms with Gasteiger partial charge in [-0.3, -0.25) is 4.79 Å². The van der Waals surface area contributed by atoms with Gasteiger partial charge in [-0.1, -0.05) is 37.3 Å². The number of carbonyl (C=O) groups excluding carboxylic acids is 1. The minimum Gasteiger partial charge on any atom is -0.299 e. The number of Topliss-reactive ketones (excluding diaryl/α,β-unsaturated/α-hetero) is 1. The Morgan fingerprint density at radius 2 is 2.07 bits per heavy atom. The maximum atomic E-state index is 11.4. The lowest BCUT2D eigenvalue weighted by molar-refractivity contribution is -0.120. The molecule has 0 N–H and O–H groups in total. The molecule has 2 unspecified atom stereocenters. The van der Waals surface area contributed by atoms with Crippen LogP contribution in [0.1, 0.15) is 25.3 Å². The zero-order valence-electron chi connectivity index (χ0n) is 8.98. The van der Waals surface area contributed by atoms with Crippen LogP contribution in [0.5, 0.6) is 0 Å². The molecule has 1 aromatic rings. The topological polar surface area (TPSA) is 17.1 Å². The SMILES string of the molecule is CC1C(=O)CCC1SCc1ccccc1. The Morgan fingerprint density at radius 3 is 2.67 bits per heavy atom. The summed E-state index contributed by atoms with van der Waals surface area (Å²) in [5.41, 5.74) is 1.36. The van der Waals surface area contributed by atoms with Crippen LogP contribution in [0.15, 0.2) is 30.3 Å². The first-order valence-corrected chi connectivity index (χ1v) is 6.50. The summed E-state index contributed by atoms with van der Waals surface area (Å²) in [4.78, 5) is 11.4. The predicted octanol–water partition coefficient (Wildman–Crippen LogP) is 3.29. The fourth-order valence-electron chi connectivity index (χ4n) is 1.97. The quantitative estimate of drug-likeness (QED) is 0.777. The molecule has 1 fully saturated rings. The zero-order valence-corrected chi connectivity index (χ0v) is 9.80. The summed E-state index contributed by atoms with van der Waals surface area (Å²) >= 11 is 1.93. The van der Waals surface area contributed by atoms with Gasteiger partial charge in [-0.25, -0.2) is 0 Å². The molecule has 2 heteroatoms. The van der Waals surface area contributed by atoms with E-state index in [2.05, 4.69) is 31.2 Å². The van der Waals surface area contributed by atoms with Gasteiger partial charge in [0.05, 0.1) is 0 Å². The standard InChI is InChI=1S/C13H16OS/c1-10-12(14)7-8-13(10)15-9-11-5-3-2-4-6-11/h2-6,10,13H,7-9H2,1H3. The van der Waals surface area contributed by atoms with Crippen molar-refractivity contribution in [3.63, 3.8) is 0 Å². The molecule has 0 saturated heterocycles. The summed E-state index contributed by atoms with van der Waals surface area (Å²) in [6.07, 6.45) is 1.85. The third-order valence-electron chi connectivity index (χ3n) is 3.05. The minimum absolute atomic E-state index is 0.263. The first-order valence-electron chi connectivity index (χ1n) is 5.45. The molecule has 1 nitrogen and oxygen atoms in total. The van der Waals surface area contributed by atoms with Crippen molar-refractivity contribution in [1.82, 2.24) is 0 Å². The highest BCUT2D eigenvalue weighted by atomic mass is 32.2. The monoisotopic (exact) mass is 220 g/mol. The van der Waals surface area contributed by atoms with E-state index in [4.69, 9.17) is 0 Å². The van der Waals surface area contributed by atoms with Crippen LogP contribution in [-0.2, 0) is 10.5 Å². The van der Waals surface area contributed by atoms with Crippen molar-refractivity contribution >= 4 is 17.5 Å². The molecular formula is C13H16OS. The van der Waals surface area contributed by atoms with E-state index in [9.17, 15) is 4.79 Å². The Hall–Kier alpha value is -0.760. The van der Waals surface area contributed by atoms with Crippen LogP contribution in [0.4, 0.5) is 0 Å². The van der Waals surface area contributed by atoms with Gasteiger partial charge in [0.2, 0.25) is 0 Å². The molecule has 1 saturated carbocycles. The summed E-state index contributed by atoms with van der Waals surface area (Å²) in [7, 11) is 0. The number of hydrogen-bond donors (Lipinski definition) is 0. The normalized spacial score (nSPS) is 25.8. The van der Waals surface area contributed by atoms with Crippen LogP contribution in [0, 0.1) is 5.92 Å². The number of hydrogen-bond acceptors (Lipinski definition) is 2. The minimum atomic E-state index is 0.263. The van der Waals surface area contributed by atoms with Crippen LogP contribution >= 0.6 is 11.8 Å². The van der Waals surface area contributed by atoms with E-state index in [0.29, 0.717) is 11.0 Å². The molecule has 1 aliphatic carbocycles. The molecule has 15 heavy (non-hydrogen) atoms. The lowest BCUT2D eigenvalue weighted by atomic mass is 10.1. The molecule has 0 aliphatic heterocycles.